The van der Waals surface area contributed by atoms with Crippen LogP contribution in [0, 0.1) is 0 Å². The largest absolute Gasteiger partial charge is 0.508 e. The summed E-state index contributed by atoms with van der Waals surface area (Å²) in [6.07, 6.45) is 2.87. The zero-order valence-corrected chi connectivity index (χ0v) is 16.0. The monoisotopic (exact) mass is 328 g/mol. The van der Waals surface area contributed by atoms with Crippen molar-refractivity contribution in [1.82, 2.24) is 0 Å². The fourth-order valence-corrected chi connectivity index (χ4v) is 2.68. The van der Waals surface area contributed by atoms with Crippen molar-refractivity contribution in [2.24, 2.45) is 0 Å². The number of phenolic OH excluding ortho intramolecular Hbond substituents is 2. The van der Waals surface area contributed by atoms with Gasteiger partial charge in [-0.3, -0.25) is 0 Å². The van der Waals surface area contributed by atoms with Crippen LogP contribution < -0.4 is 0 Å². The van der Waals surface area contributed by atoms with Crippen molar-refractivity contribution in [1.29, 1.82) is 0 Å². The van der Waals surface area contributed by atoms with Gasteiger partial charge in [0.2, 0.25) is 0 Å². The van der Waals surface area contributed by atoms with Gasteiger partial charge in [-0.05, 0) is 47.2 Å². The van der Waals surface area contributed by atoms with Gasteiger partial charge < -0.3 is 10.2 Å². The van der Waals surface area contributed by atoms with Crippen molar-refractivity contribution < 1.29 is 10.2 Å². The maximum Gasteiger partial charge on any atom is 0.118 e. The SMILES string of the molecule is CCC.CCc1cc(C(C)(C)c2ccc(O)c(CC)c2)ccc1O. The van der Waals surface area contributed by atoms with Crippen molar-refractivity contribution in [2.75, 3.05) is 0 Å². The summed E-state index contributed by atoms with van der Waals surface area (Å²) in [5.74, 6) is 0.717. The smallest absolute Gasteiger partial charge is 0.118 e. The Kier molecular flexibility index (Phi) is 7.34. The fraction of sp³-hybridized carbons (Fsp3) is 0.455. The minimum absolute atomic E-state index is 0.171. The highest BCUT2D eigenvalue weighted by Crippen LogP contribution is 2.35. The fourth-order valence-electron chi connectivity index (χ4n) is 2.68. The highest BCUT2D eigenvalue weighted by Gasteiger charge is 2.24. The molecule has 2 rings (SSSR count). The van der Waals surface area contributed by atoms with E-state index < -0.39 is 0 Å². The maximum absolute atomic E-state index is 9.86. The third-order valence-electron chi connectivity index (χ3n) is 4.36. The number of rotatable bonds is 4. The number of aryl methyl sites for hydroxylation is 2. The van der Waals surface area contributed by atoms with Gasteiger partial charge in [-0.1, -0.05) is 72.2 Å². The molecule has 0 saturated carbocycles. The molecule has 24 heavy (non-hydrogen) atoms. The summed E-state index contributed by atoms with van der Waals surface area (Å²) in [6, 6.07) is 11.7. The van der Waals surface area contributed by atoms with Crippen LogP contribution in [0.3, 0.4) is 0 Å². The van der Waals surface area contributed by atoms with Gasteiger partial charge in [-0.15, -0.1) is 0 Å². The summed E-state index contributed by atoms with van der Waals surface area (Å²) >= 11 is 0. The second kappa shape index (κ2) is 8.77. The third-order valence-corrected chi connectivity index (χ3v) is 4.36. The molecule has 0 amide bonds. The molecule has 0 aliphatic rings. The Morgan fingerprint density at radius 2 is 1.04 bits per heavy atom. The van der Waals surface area contributed by atoms with Gasteiger partial charge in [0, 0.05) is 5.41 Å². The highest BCUT2D eigenvalue weighted by molar-refractivity contribution is 5.47. The Labute approximate surface area is 147 Å². The molecule has 0 aromatic heterocycles. The molecule has 0 bridgehead atoms. The van der Waals surface area contributed by atoms with E-state index in [1.807, 2.05) is 26.0 Å². The van der Waals surface area contributed by atoms with E-state index >= 15 is 0 Å². The predicted octanol–water partition coefficient (Wildman–Crippen LogP) is 5.96. The van der Waals surface area contributed by atoms with Gasteiger partial charge in [0.15, 0.2) is 0 Å². The molecule has 0 atom stereocenters. The van der Waals surface area contributed by atoms with E-state index in [0.717, 1.165) is 24.0 Å². The first-order valence-corrected chi connectivity index (χ1v) is 8.96. The van der Waals surface area contributed by atoms with E-state index in [4.69, 9.17) is 0 Å². The minimum Gasteiger partial charge on any atom is -0.508 e. The van der Waals surface area contributed by atoms with Crippen LogP contribution in [-0.2, 0) is 18.3 Å². The summed E-state index contributed by atoms with van der Waals surface area (Å²) in [5, 5.41) is 19.7. The van der Waals surface area contributed by atoms with E-state index in [9.17, 15) is 10.2 Å². The van der Waals surface area contributed by atoms with Gasteiger partial charge in [-0.25, -0.2) is 0 Å². The molecule has 0 radical (unpaired) electrons. The molecule has 0 aliphatic heterocycles. The van der Waals surface area contributed by atoms with Crippen molar-refractivity contribution in [3.8, 4) is 11.5 Å². The first kappa shape index (κ1) is 20.1. The van der Waals surface area contributed by atoms with E-state index in [-0.39, 0.29) is 5.41 Å². The molecular weight excluding hydrogens is 296 g/mol. The van der Waals surface area contributed by atoms with E-state index in [1.165, 1.54) is 17.5 Å². The maximum atomic E-state index is 9.86. The molecular formula is C22H32O2. The van der Waals surface area contributed by atoms with Crippen LogP contribution in [0.2, 0.25) is 0 Å². The second-order valence-electron chi connectivity index (χ2n) is 6.73. The van der Waals surface area contributed by atoms with Crippen LogP contribution in [0.5, 0.6) is 11.5 Å². The van der Waals surface area contributed by atoms with Crippen LogP contribution in [0.25, 0.3) is 0 Å². The van der Waals surface area contributed by atoms with E-state index in [0.29, 0.717) is 11.5 Å². The molecule has 2 heteroatoms. The third kappa shape index (κ3) is 4.53. The van der Waals surface area contributed by atoms with E-state index in [1.54, 1.807) is 12.1 Å². The Morgan fingerprint density at radius 3 is 1.33 bits per heavy atom. The lowest BCUT2D eigenvalue weighted by Gasteiger charge is -2.27. The molecule has 0 heterocycles. The molecule has 2 N–H and O–H groups in total. The zero-order chi connectivity index (χ0) is 18.3. The molecule has 132 valence electrons. The lowest BCUT2D eigenvalue weighted by molar-refractivity contribution is 0.467. The predicted molar refractivity (Wildman–Crippen MR) is 103 cm³/mol. The normalized spacial score (nSPS) is 10.9. The Bertz CT molecular complexity index is 602. The summed E-state index contributed by atoms with van der Waals surface area (Å²) in [6.45, 7) is 12.7. The molecule has 2 aromatic rings. The van der Waals surface area contributed by atoms with Crippen LogP contribution in [-0.4, -0.2) is 10.2 Å². The average molecular weight is 328 g/mol. The lowest BCUT2D eigenvalue weighted by Crippen LogP contribution is -2.19. The molecule has 2 nitrogen and oxygen atoms in total. The van der Waals surface area contributed by atoms with E-state index in [2.05, 4.69) is 39.8 Å². The average Bonchev–Trinajstić information content (AvgIpc) is 2.56. The summed E-state index contributed by atoms with van der Waals surface area (Å²) in [5.41, 5.74) is 4.11. The van der Waals surface area contributed by atoms with Crippen LogP contribution >= 0.6 is 0 Å². The van der Waals surface area contributed by atoms with Crippen molar-refractivity contribution >= 4 is 0 Å². The van der Waals surface area contributed by atoms with Crippen molar-refractivity contribution in [3.63, 3.8) is 0 Å². The summed E-state index contributed by atoms with van der Waals surface area (Å²) < 4.78 is 0. The number of phenols is 2. The first-order valence-electron chi connectivity index (χ1n) is 8.96. The van der Waals surface area contributed by atoms with Gasteiger partial charge in [0.25, 0.3) is 0 Å². The molecule has 0 aliphatic carbocycles. The van der Waals surface area contributed by atoms with Crippen LogP contribution in [0.1, 0.15) is 70.2 Å². The highest BCUT2D eigenvalue weighted by atomic mass is 16.3. The topological polar surface area (TPSA) is 40.5 Å². The molecule has 0 saturated heterocycles. The van der Waals surface area contributed by atoms with Gasteiger partial charge in [0.1, 0.15) is 11.5 Å². The number of hydrogen-bond acceptors (Lipinski definition) is 2. The number of aromatic hydroxyl groups is 2. The van der Waals surface area contributed by atoms with Gasteiger partial charge in [0.05, 0.1) is 0 Å². The molecule has 2 aromatic carbocycles. The van der Waals surface area contributed by atoms with Crippen LogP contribution in [0.4, 0.5) is 0 Å². The number of hydrogen-bond donors (Lipinski definition) is 2. The molecule has 0 unspecified atom stereocenters. The Morgan fingerprint density at radius 1 is 0.708 bits per heavy atom. The summed E-state index contributed by atoms with van der Waals surface area (Å²) in [4.78, 5) is 0. The summed E-state index contributed by atoms with van der Waals surface area (Å²) in [7, 11) is 0. The van der Waals surface area contributed by atoms with Crippen molar-refractivity contribution in [3.05, 3.63) is 58.7 Å². The van der Waals surface area contributed by atoms with Gasteiger partial charge in [-0.2, -0.15) is 0 Å². The number of benzene rings is 2. The quantitative estimate of drug-likeness (QED) is 0.726. The van der Waals surface area contributed by atoms with Crippen molar-refractivity contribution in [2.45, 2.75) is 66.2 Å². The lowest BCUT2D eigenvalue weighted by atomic mass is 9.77. The Balaban J connectivity index is 0.000000891. The molecule has 0 spiro atoms. The standard InChI is InChI=1S/C19H24O2.C3H8/c1-5-13-11-15(7-9-17(13)20)19(3,4)16-8-10-18(21)14(6-2)12-16;1-3-2/h7-12,20-21H,5-6H2,1-4H3;3H2,1-2H3. The molecule has 0 fully saturated rings. The first-order chi connectivity index (χ1) is 11.3. The zero-order valence-electron chi connectivity index (χ0n) is 16.0. The Hall–Kier alpha value is -1.96. The minimum atomic E-state index is -0.171. The second-order valence-corrected chi connectivity index (χ2v) is 6.73. The van der Waals surface area contributed by atoms with Crippen LogP contribution in [0.15, 0.2) is 36.4 Å². The van der Waals surface area contributed by atoms with Gasteiger partial charge >= 0.3 is 0 Å².